The average Bonchev–Trinajstić information content (AvgIpc) is 2.52. The van der Waals surface area contributed by atoms with Crippen molar-refractivity contribution in [2.75, 3.05) is 6.61 Å². The number of rotatable bonds is 1. The van der Waals surface area contributed by atoms with Gasteiger partial charge >= 0.3 is 0 Å². The van der Waals surface area contributed by atoms with Gasteiger partial charge in [0.25, 0.3) is 6.02 Å². The van der Waals surface area contributed by atoms with Gasteiger partial charge in [0.15, 0.2) is 0 Å². The van der Waals surface area contributed by atoms with Crippen LogP contribution in [-0.2, 0) is 10.3 Å². The molecule has 1 atom stereocenters. The van der Waals surface area contributed by atoms with Gasteiger partial charge in [-0.1, -0.05) is 18.2 Å². The van der Waals surface area contributed by atoms with Crippen molar-refractivity contribution in [2.24, 2.45) is 10.7 Å². The Morgan fingerprint density at radius 1 is 1.33 bits per heavy atom. The maximum atomic E-state index is 5.54. The Morgan fingerprint density at radius 2 is 2.07 bits per heavy atom. The molecule has 0 amide bonds. The van der Waals surface area contributed by atoms with Crippen LogP contribution in [-0.4, -0.2) is 12.6 Å². The summed E-state index contributed by atoms with van der Waals surface area (Å²) in [6.07, 6.45) is 0. The predicted octanol–water partition coefficient (Wildman–Crippen LogP) is 1.86. The molecule has 0 bridgehead atoms. The van der Waals surface area contributed by atoms with Crippen LogP contribution < -0.4 is 5.73 Å². The third-order valence-electron chi connectivity index (χ3n) is 2.99. The first kappa shape index (κ1) is 10.0. The van der Waals surface area contributed by atoms with Gasteiger partial charge in [0.1, 0.15) is 12.1 Å². The molecular formula is C12H16N2O. The third kappa shape index (κ3) is 1.69. The summed E-state index contributed by atoms with van der Waals surface area (Å²) in [5.41, 5.74) is 8.95. The van der Waals surface area contributed by atoms with Gasteiger partial charge in [-0.15, -0.1) is 0 Å². The second-order valence-corrected chi connectivity index (χ2v) is 4.31. The summed E-state index contributed by atoms with van der Waals surface area (Å²) in [5.74, 6) is 0. The van der Waals surface area contributed by atoms with Crippen molar-refractivity contribution >= 4 is 6.02 Å². The maximum absolute atomic E-state index is 5.54. The van der Waals surface area contributed by atoms with Crippen molar-refractivity contribution in [3.05, 3.63) is 34.9 Å². The molecule has 1 aromatic carbocycles. The molecule has 2 N–H and O–H groups in total. The first-order chi connectivity index (χ1) is 7.01. The SMILES string of the molecule is Cc1ccc(C2(C)COC(N)=N2)cc1C. The van der Waals surface area contributed by atoms with E-state index in [4.69, 9.17) is 10.5 Å². The molecule has 3 heteroatoms. The predicted molar refractivity (Wildman–Crippen MR) is 60.8 cm³/mol. The molecule has 3 nitrogen and oxygen atoms in total. The summed E-state index contributed by atoms with van der Waals surface area (Å²) >= 11 is 0. The Bertz CT molecular complexity index is 426. The van der Waals surface area contributed by atoms with Gasteiger partial charge in [-0.05, 0) is 37.5 Å². The zero-order valence-electron chi connectivity index (χ0n) is 9.37. The molecule has 80 valence electrons. The van der Waals surface area contributed by atoms with Crippen LogP contribution in [0.5, 0.6) is 0 Å². The monoisotopic (exact) mass is 204 g/mol. The molecule has 0 radical (unpaired) electrons. The molecule has 0 spiro atoms. The number of aliphatic imine (C=N–C) groups is 1. The number of nitrogens with zero attached hydrogens (tertiary/aromatic N) is 1. The minimum absolute atomic E-state index is 0.288. The van der Waals surface area contributed by atoms with Crippen molar-refractivity contribution in [3.8, 4) is 0 Å². The lowest BCUT2D eigenvalue weighted by Crippen LogP contribution is -2.20. The Hall–Kier alpha value is -1.51. The Balaban J connectivity index is 2.42. The van der Waals surface area contributed by atoms with E-state index in [2.05, 4.69) is 37.0 Å². The molecule has 0 aliphatic carbocycles. The second kappa shape index (κ2) is 3.26. The number of hydrogen-bond acceptors (Lipinski definition) is 3. The van der Waals surface area contributed by atoms with Gasteiger partial charge in [-0.25, -0.2) is 4.99 Å². The molecular weight excluding hydrogens is 188 g/mol. The second-order valence-electron chi connectivity index (χ2n) is 4.31. The lowest BCUT2D eigenvalue weighted by molar-refractivity contribution is 0.266. The number of nitrogens with two attached hydrogens (primary N) is 1. The van der Waals surface area contributed by atoms with E-state index in [0.29, 0.717) is 6.61 Å². The fourth-order valence-corrected chi connectivity index (χ4v) is 1.75. The molecule has 1 heterocycles. The van der Waals surface area contributed by atoms with Crippen LogP contribution in [0.25, 0.3) is 0 Å². The smallest absolute Gasteiger partial charge is 0.283 e. The number of ether oxygens (including phenoxy) is 1. The highest BCUT2D eigenvalue weighted by molar-refractivity contribution is 5.74. The molecule has 0 fully saturated rings. The van der Waals surface area contributed by atoms with Crippen molar-refractivity contribution in [3.63, 3.8) is 0 Å². The zero-order valence-corrected chi connectivity index (χ0v) is 9.37. The minimum Gasteiger partial charge on any atom is -0.462 e. The fraction of sp³-hybridized carbons (Fsp3) is 0.417. The van der Waals surface area contributed by atoms with Crippen LogP contribution in [0.2, 0.25) is 0 Å². The quantitative estimate of drug-likeness (QED) is 0.759. The fourth-order valence-electron chi connectivity index (χ4n) is 1.75. The molecule has 15 heavy (non-hydrogen) atoms. The molecule has 0 saturated carbocycles. The Morgan fingerprint density at radius 3 is 2.60 bits per heavy atom. The van der Waals surface area contributed by atoms with E-state index in [9.17, 15) is 0 Å². The van der Waals surface area contributed by atoms with Crippen LogP contribution in [0.3, 0.4) is 0 Å². The van der Waals surface area contributed by atoms with Gasteiger partial charge in [0, 0.05) is 0 Å². The van der Waals surface area contributed by atoms with Crippen molar-refractivity contribution in [1.82, 2.24) is 0 Å². The number of hydrogen-bond donors (Lipinski definition) is 1. The average molecular weight is 204 g/mol. The topological polar surface area (TPSA) is 47.6 Å². The van der Waals surface area contributed by atoms with E-state index in [1.165, 1.54) is 11.1 Å². The highest BCUT2D eigenvalue weighted by atomic mass is 16.5. The molecule has 0 aromatic heterocycles. The van der Waals surface area contributed by atoms with E-state index in [1.807, 2.05) is 6.92 Å². The van der Waals surface area contributed by atoms with E-state index < -0.39 is 0 Å². The molecule has 1 aliphatic rings. The normalized spacial score (nSPS) is 24.9. The van der Waals surface area contributed by atoms with Crippen LogP contribution in [0.15, 0.2) is 23.2 Å². The van der Waals surface area contributed by atoms with Crippen molar-refractivity contribution in [1.29, 1.82) is 0 Å². The van der Waals surface area contributed by atoms with Gasteiger partial charge in [-0.3, -0.25) is 0 Å². The summed E-state index contributed by atoms with van der Waals surface area (Å²) in [7, 11) is 0. The summed E-state index contributed by atoms with van der Waals surface area (Å²) in [6.45, 7) is 6.77. The van der Waals surface area contributed by atoms with Gasteiger partial charge in [0.2, 0.25) is 0 Å². The summed E-state index contributed by atoms with van der Waals surface area (Å²) in [6, 6.07) is 6.64. The molecule has 1 unspecified atom stereocenters. The first-order valence-corrected chi connectivity index (χ1v) is 5.07. The van der Waals surface area contributed by atoms with E-state index in [-0.39, 0.29) is 11.6 Å². The van der Waals surface area contributed by atoms with Gasteiger partial charge in [-0.2, -0.15) is 0 Å². The van der Waals surface area contributed by atoms with Gasteiger partial charge in [0.05, 0.1) is 0 Å². The number of amidine groups is 1. The Labute approximate surface area is 90.0 Å². The van der Waals surface area contributed by atoms with Gasteiger partial charge < -0.3 is 10.5 Å². The zero-order chi connectivity index (χ0) is 11.1. The van der Waals surface area contributed by atoms with Crippen LogP contribution >= 0.6 is 0 Å². The summed E-state index contributed by atoms with van der Waals surface area (Å²) in [4.78, 5) is 4.33. The first-order valence-electron chi connectivity index (χ1n) is 5.07. The molecule has 1 aliphatic heterocycles. The lowest BCUT2D eigenvalue weighted by atomic mass is 9.91. The summed E-state index contributed by atoms with van der Waals surface area (Å²) in [5, 5.41) is 0. The molecule has 1 aromatic rings. The van der Waals surface area contributed by atoms with Crippen molar-refractivity contribution < 1.29 is 4.74 Å². The molecule has 0 saturated heterocycles. The maximum Gasteiger partial charge on any atom is 0.283 e. The van der Waals surface area contributed by atoms with E-state index in [0.717, 1.165) is 5.56 Å². The molecule has 2 rings (SSSR count). The number of benzene rings is 1. The highest BCUT2D eigenvalue weighted by Gasteiger charge is 2.32. The summed E-state index contributed by atoms with van der Waals surface area (Å²) < 4.78 is 5.22. The van der Waals surface area contributed by atoms with Crippen LogP contribution in [0.1, 0.15) is 23.6 Å². The minimum atomic E-state index is -0.317. The largest absolute Gasteiger partial charge is 0.462 e. The van der Waals surface area contributed by atoms with E-state index >= 15 is 0 Å². The van der Waals surface area contributed by atoms with Crippen molar-refractivity contribution in [2.45, 2.75) is 26.3 Å². The number of aryl methyl sites for hydroxylation is 2. The lowest BCUT2D eigenvalue weighted by Gasteiger charge is -2.19. The standard InChI is InChI=1S/C12H16N2O/c1-8-4-5-10(6-9(8)2)12(3)7-15-11(13)14-12/h4-6H,7H2,1-3H3,(H2,13,14). The van der Waals surface area contributed by atoms with E-state index in [1.54, 1.807) is 0 Å². The Kier molecular flexibility index (Phi) is 2.18. The van der Waals surface area contributed by atoms with Crippen LogP contribution in [0.4, 0.5) is 0 Å². The van der Waals surface area contributed by atoms with Crippen LogP contribution in [0, 0.1) is 13.8 Å². The highest BCUT2D eigenvalue weighted by Crippen LogP contribution is 2.30. The third-order valence-corrected chi connectivity index (χ3v) is 2.99.